The van der Waals surface area contributed by atoms with Gasteiger partial charge in [-0.05, 0) is 31.0 Å². The highest BCUT2D eigenvalue weighted by Crippen LogP contribution is 2.18. The van der Waals surface area contributed by atoms with Crippen LogP contribution in [0.2, 0.25) is 0 Å². The van der Waals surface area contributed by atoms with Gasteiger partial charge in [-0.15, -0.1) is 0 Å². The van der Waals surface area contributed by atoms with Crippen LogP contribution in [0.4, 0.5) is 0 Å². The van der Waals surface area contributed by atoms with Crippen molar-refractivity contribution in [1.82, 2.24) is 5.32 Å². The van der Waals surface area contributed by atoms with Crippen LogP contribution < -0.4 is 5.32 Å². The molecule has 0 heterocycles. The van der Waals surface area contributed by atoms with Crippen molar-refractivity contribution in [1.29, 1.82) is 0 Å². The molecule has 0 aromatic heterocycles. The fourth-order valence-corrected chi connectivity index (χ4v) is 2.16. The highest BCUT2D eigenvalue weighted by atomic mass is 79.9. The van der Waals surface area contributed by atoms with Crippen LogP contribution in [0.25, 0.3) is 0 Å². The maximum absolute atomic E-state index is 11.1. The molecule has 0 bridgehead atoms. The number of halogens is 1. The molecular weight excluding hydrogens is 282 g/mol. The Hall–Kier alpha value is -0.870. The van der Waals surface area contributed by atoms with Crippen LogP contribution in [0.5, 0.6) is 0 Å². The first-order valence-electron chi connectivity index (χ1n) is 5.79. The van der Waals surface area contributed by atoms with E-state index in [-0.39, 0.29) is 6.04 Å². The van der Waals surface area contributed by atoms with Crippen molar-refractivity contribution in [3.8, 4) is 0 Å². The maximum atomic E-state index is 11.1. The van der Waals surface area contributed by atoms with E-state index < -0.39 is 12.0 Å². The predicted molar refractivity (Wildman–Crippen MR) is 72.0 cm³/mol. The summed E-state index contributed by atoms with van der Waals surface area (Å²) in [5.74, 6) is -0.784. The number of carboxylic acids is 1. The fraction of sp³-hybridized carbons (Fsp3) is 0.462. The first-order chi connectivity index (χ1) is 8.04. The molecule has 0 saturated carbocycles. The van der Waals surface area contributed by atoms with Crippen LogP contribution in [-0.2, 0) is 4.79 Å². The lowest BCUT2D eigenvalue weighted by Crippen LogP contribution is -2.38. The third-order valence-electron chi connectivity index (χ3n) is 2.68. The van der Waals surface area contributed by atoms with Crippen molar-refractivity contribution in [2.75, 3.05) is 0 Å². The summed E-state index contributed by atoms with van der Waals surface area (Å²) in [7, 11) is 0. The average Bonchev–Trinajstić information content (AvgIpc) is 2.28. The summed E-state index contributed by atoms with van der Waals surface area (Å²) < 4.78 is 1.01. The van der Waals surface area contributed by atoms with Gasteiger partial charge in [0, 0.05) is 10.5 Å². The molecule has 0 spiro atoms. The average molecular weight is 300 g/mol. The van der Waals surface area contributed by atoms with Crippen molar-refractivity contribution < 1.29 is 9.90 Å². The Morgan fingerprint density at radius 3 is 2.76 bits per heavy atom. The van der Waals surface area contributed by atoms with Gasteiger partial charge in [0.05, 0.1) is 0 Å². The molecule has 94 valence electrons. The Labute approximate surface area is 110 Å². The molecule has 1 unspecified atom stereocenters. The molecule has 0 saturated heterocycles. The highest BCUT2D eigenvalue weighted by Gasteiger charge is 2.19. The van der Waals surface area contributed by atoms with Gasteiger partial charge in [0.2, 0.25) is 0 Å². The molecular formula is C13H18BrNO2. The summed E-state index contributed by atoms with van der Waals surface area (Å²) in [6.07, 6.45) is 1.50. The second kappa shape index (κ2) is 6.77. The predicted octanol–water partition coefficient (Wildman–Crippen LogP) is 3.35. The van der Waals surface area contributed by atoms with Crippen LogP contribution in [0.15, 0.2) is 28.7 Å². The number of benzene rings is 1. The first-order valence-corrected chi connectivity index (χ1v) is 6.58. The zero-order valence-electron chi connectivity index (χ0n) is 10.1. The SMILES string of the molecule is CCCC(N[C@@H](C)c1cccc(Br)c1)C(=O)O. The van der Waals surface area contributed by atoms with Crippen LogP contribution in [0.1, 0.15) is 38.3 Å². The van der Waals surface area contributed by atoms with E-state index in [0.717, 1.165) is 16.5 Å². The lowest BCUT2D eigenvalue weighted by molar-refractivity contribution is -0.139. The fourth-order valence-electron chi connectivity index (χ4n) is 1.74. The van der Waals surface area contributed by atoms with Gasteiger partial charge in [-0.3, -0.25) is 10.1 Å². The van der Waals surface area contributed by atoms with Gasteiger partial charge in [0.1, 0.15) is 6.04 Å². The van der Waals surface area contributed by atoms with E-state index >= 15 is 0 Å². The Morgan fingerprint density at radius 2 is 2.24 bits per heavy atom. The lowest BCUT2D eigenvalue weighted by atomic mass is 10.1. The number of carbonyl (C=O) groups is 1. The van der Waals surface area contributed by atoms with E-state index in [0.29, 0.717) is 6.42 Å². The molecule has 0 aliphatic carbocycles. The summed E-state index contributed by atoms with van der Waals surface area (Å²) in [6.45, 7) is 3.97. The number of hydrogen-bond acceptors (Lipinski definition) is 2. The first kappa shape index (κ1) is 14.2. The van der Waals surface area contributed by atoms with Crippen LogP contribution in [0.3, 0.4) is 0 Å². The Balaban J connectivity index is 2.69. The maximum Gasteiger partial charge on any atom is 0.320 e. The molecule has 0 aliphatic heterocycles. The van der Waals surface area contributed by atoms with Gasteiger partial charge in [0.15, 0.2) is 0 Å². The molecule has 0 amide bonds. The molecule has 1 rings (SSSR count). The molecule has 1 aromatic rings. The van der Waals surface area contributed by atoms with Crippen molar-refractivity contribution in [2.24, 2.45) is 0 Å². The second-order valence-electron chi connectivity index (χ2n) is 4.12. The zero-order valence-corrected chi connectivity index (χ0v) is 11.7. The third kappa shape index (κ3) is 4.48. The van der Waals surface area contributed by atoms with Crippen molar-refractivity contribution in [3.63, 3.8) is 0 Å². The minimum atomic E-state index is -0.784. The van der Waals surface area contributed by atoms with Gasteiger partial charge in [-0.2, -0.15) is 0 Å². The minimum Gasteiger partial charge on any atom is -0.480 e. The van der Waals surface area contributed by atoms with E-state index in [1.807, 2.05) is 38.1 Å². The smallest absolute Gasteiger partial charge is 0.320 e. The second-order valence-corrected chi connectivity index (χ2v) is 5.04. The van der Waals surface area contributed by atoms with Crippen LogP contribution >= 0.6 is 15.9 Å². The van der Waals surface area contributed by atoms with Gasteiger partial charge in [0.25, 0.3) is 0 Å². The quantitative estimate of drug-likeness (QED) is 0.847. The van der Waals surface area contributed by atoms with E-state index in [2.05, 4.69) is 21.2 Å². The van der Waals surface area contributed by atoms with Crippen molar-refractivity contribution in [2.45, 2.75) is 38.8 Å². The van der Waals surface area contributed by atoms with Crippen LogP contribution in [0, 0.1) is 0 Å². The third-order valence-corrected chi connectivity index (χ3v) is 3.17. The van der Waals surface area contributed by atoms with Crippen molar-refractivity contribution >= 4 is 21.9 Å². The number of nitrogens with one attached hydrogen (secondary N) is 1. The normalized spacial score (nSPS) is 14.3. The number of rotatable bonds is 6. The zero-order chi connectivity index (χ0) is 12.8. The van der Waals surface area contributed by atoms with Crippen molar-refractivity contribution in [3.05, 3.63) is 34.3 Å². The summed E-state index contributed by atoms with van der Waals surface area (Å²) in [4.78, 5) is 11.1. The van der Waals surface area contributed by atoms with E-state index in [1.54, 1.807) is 0 Å². The molecule has 0 radical (unpaired) electrons. The van der Waals surface area contributed by atoms with Gasteiger partial charge in [-0.25, -0.2) is 0 Å². The summed E-state index contributed by atoms with van der Waals surface area (Å²) in [5.41, 5.74) is 1.08. The molecule has 0 aliphatic rings. The molecule has 2 N–H and O–H groups in total. The molecule has 1 aromatic carbocycles. The topological polar surface area (TPSA) is 49.3 Å². The molecule has 17 heavy (non-hydrogen) atoms. The highest BCUT2D eigenvalue weighted by molar-refractivity contribution is 9.10. The number of aliphatic carboxylic acids is 1. The minimum absolute atomic E-state index is 0.0279. The molecule has 2 atom stereocenters. The van der Waals surface area contributed by atoms with Gasteiger partial charge >= 0.3 is 5.97 Å². The monoisotopic (exact) mass is 299 g/mol. The van der Waals surface area contributed by atoms with E-state index in [9.17, 15) is 4.79 Å². The van der Waals surface area contributed by atoms with Gasteiger partial charge in [-0.1, -0.05) is 41.4 Å². The number of carboxylic acid groups (broad SMARTS) is 1. The molecule has 0 fully saturated rings. The standard InChI is InChI=1S/C13H18BrNO2/c1-3-5-12(13(16)17)15-9(2)10-6-4-7-11(14)8-10/h4,6-9,12,15H,3,5H2,1-2H3,(H,16,17)/t9-,12?/m0/s1. The summed E-state index contributed by atoms with van der Waals surface area (Å²) >= 11 is 3.41. The van der Waals surface area contributed by atoms with Gasteiger partial charge < -0.3 is 5.11 Å². The van der Waals surface area contributed by atoms with Crippen LogP contribution in [-0.4, -0.2) is 17.1 Å². The Kier molecular flexibility index (Phi) is 5.65. The lowest BCUT2D eigenvalue weighted by Gasteiger charge is -2.20. The van der Waals surface area contributed by atoms with E-state index in [4.69, 9.17) is 5.11 Å². The number of hydrogen-bond donors (Lipinski definition) is 2. The Morgan fingerprint density at radius 1 is 1.53 bits per heavy atom. The Bertz CT molecular complexity index is 381. The molecule has 3 nitrogen and oxygen atoms in total. The van der Waals surface area contributed by atoms with E-state index in [1.165, 1.54) is 0 Å². The largest absolute Gasteiger partial charge is 0.480 e. The molecule has 4 heteroatoms. The summed E-state index contributed by atoms with van der Waals surface area (Å²) in [6, 6.07) is 7.45. The summed E-state index contributed by atoms with van der Waals surface area (Å²) in [5, 5.41) is 12.2.